The average molecular weight is 442 g/mol. The molecule has 3 heterocycles. The Morgan fingerprint density at radius 1 is 1.09 bits per heavy atom. The van der Waals surface area contributed by atoms with Crippen LogP contribution in [0.15, 0.2) is 67.3 Å². The largest absolute Gasteiger partial charge is 0.326 e. The third-order valence-corrected chi connectivity index (χ3v) is 5.92. The van der Waals surface area contributed by atoms with Crippen LogP contribution in [0.4, 0.5) is 0 Å². The van der Waals surface area contributed by atoms with Gasteiger partial charge in [0, 0.05) is 36.9 Å². The number of benzene rings is 2. The summed E-state index contributed by atoms with van der Waals surface area (Å²) in [4.78, 5) is 24.6. The molecule has 8 heteroatoms. The fraction of sp³-hybridized carbons (Fsp3) is 0.240. The van der Waals surface area contributed by atoms with Gasteiger partial charge in [-0.25, -0.2) is 9.97 Å². The molecule has 1 unspecified atom stereocenters. The highest BCUT2D eigenvalue weighted by molar-refractivity contribution is 6.01. The molecule has 5 rings (SSSR count). The minimum Gasteiger partial charge on any atom is -0.326 e. The monoisotopic (exact) mass is 441 g/mol. The van der Waals surface area contributed by atoms with Crippen molar-refractivity contribution in [1.29, 1.82) is 0 Å². The Hall–Kier alpha value is -3.59. The van der Waals surface area contributed by atoms with Crippen molar-refractivity contribution in [3.63, 3.8) is 0 Å². The number of carbonyl (C=O) groups excluding carboxylic acids is 1. The van der Waals surface area contributed by atoms with Crippen LogP contribution in [0.3, 0.4) is 0 Å². The Kier molecular flexibility index (Phi) is 5.63. The maximum Gasteiger partial charge on any atom is 0.202 e. The number of nitrogens with zero attached hydrogens (tertiary/aromatic N) is 5. The highest BCUT2D eigenvalue weighted by Gasteiger charge is 2.32. The highest BCUT2D eigenvalue weighted by atomic mass is 16.1. The summed E-state index contributed by atoms with van der Waals surface area (Å²) in [6, 6.07) is 15.5. The standard InChI is InChI=1S/C25H27N7O/c1-30(2)15-22-27-10-11-31(22)19-8-6-18(7-9-19)23-25(33)24-21(14-28-23)29-16-32(24)20-5-3-4-17(12-20)13-26/h3-12,16,23,28H,13-15,26H2,1-2H3. The summed E-state index contributed by atoms with van der Waals surface area (Å²) in [7, 11) is 4.04. The van der Waals surface area contributed by atoms with Gasteiger partial charge in [0.25, 0.3) is 0 Å². The van der Waals surface area contributed by atoms with E-state index < -0.39 is 6.04 Å². The normalized spacial score (nSPS) is 15.8. The quantitative estimate of drug-likeness (QED) is 0.478. The van der Waals surface area contributed by atoms with Gasteiger partial charge in [-0.05, 0) is 49.5 Å². The van der Waals surface area contributed by atoms with Crippen molar-refractivity contribution >= 4 is 5.78 Å². The topological polar surface area (TPSA) is 94.0 Å². The molecule has 1 aliphatic heterocycles. The van der Waals surface area contributed by atoms with E-state index >= 15 is 0 Å². The molecule has 0 saturated heterocycles. The Balaban J connectivity index is 1.43. The molecule has 0 fully saturated rings. The molecule has 8 nitrogen and oxygen atoms in total. The zero-order chi connectivity index (χ0) is 22.9. The summed E-state index contributed by atoms with van der Waals surface area (Å²) in [5, 5.41) is 3.35. The molecule has 4 aromatic rings. The van der Waals surface area contributed by atoms with Gasteiger partial charge in [0.1, 0.15) is 17.8 Å². The Morgan fingerprint density at radius 2 is 1.91 bits per heavy atom. The SMILES string of the molecule is CN(C)Cc1nccn1-c1ccc(C2NCc3ncn(-c4cccc(CN)c4)c3C2=O)cc1. The van der Waals surface area contributed by atoms with E-state index in [0.717, 1.165) is 40.6 Å². The van der Waals surface area contributed by atoms with Gasteiger partial charge >= 0.3 is 0 Å². The second kappa shape index (κ2) is 8.74. The fourth-order valence-electron chi connectivity index (χ4n) is 4.30. The number of hydrogen-bond donors (Lipinski definition) is 2. The Bertz CT molecular complexity index is 1290. The lowest BCUT2D eigenvalue weighted by atomic mass is 9.96. The molecule has 33 heavy (non-hydrogen) atoms. The molecule has 0 bridgehead atoms. The van der Waals surface area contributed by atoms with Crippen molar-refractivity contribution in [2.45, 2.75) is 25.7 Å². The van der Waals surface area contributed by atoms with E-state index in [4.69, 9.17) is 5.73 Å². The van der Waals surface area contributed by atoms with E-state index in [0.29, 0.717) is 18.8 Å². The maximum absolute atomic E-state index is 13.5. The highest BCUT2D eigenvalue weighted by Crippen LogP contribution is 2.28. The number of nitrogens with one attached hydrogen (secondary N) is 1. The first-order valence-corrected chi connectivity index (χ1v) is 11.0. The lowest BCUT2D eigenvalue weighted by Gasteiger charge is -2.24. The first kappa shape index (κ1) is 21.3. The molecule has 1 aliphatic rings. The lowest BCUT2D eigenvalue weighted by molar-refractivity contribution is 0.0922. The zero-order valence-electron chi connectivity index (χ0n) is 18.8. The van der Waals surface area contributed by atoms with Crippen LogP contribution in [0.25, 0.3) is 11.4 Å². The lowest BCUT2D eigenvalue weighted by Crippen LogP contribution is -2.35. The van der Waals surface area contributed by atoms with Crippen molar-refractivity contribution in [3.05, 3.63) is 95.6 Å². The van der Waals surface area contributed by atoms with Gasteiger partial charge in [-0.1, -0.05) is 24.3 Å². The van der Waals surface area contributed by atoms with Crippen LogP contribution in [0, 0.1) is 0 Å². The smallest absolute Gasteiger partial charge is 0.202 e. The average Bonchev–Trinajstić information content (AvgIpc) is 3.47. The number of Topliss-reactive ketones (excluding diaryl/α,β-unsaturated/α-hetero) is 1. The number of nitrogens with two attached hydrogens (primary N) is 1. The van der Waals surface area contributed by atoms with Crippen LogP contribution < -0.4 is 11.1 Å². The van der Waals surface area contributed by atoms with Crippen LogP contribution in [-0.2, 0) is 19.6 Å². The Labute approximate surface area is 192 Å². The molecular weight excluding hydrogens is 414 g/mol. The van der Waals surface area contributed by atoms with Gasteiger partial charge in [-0.15, -0.1) is 0 Å². The van der Waals surface area contributed by atoms with Crippen LogP contribution in [0.1, 0.15) is 39.2 Å². The third kappa shape index (κ3) is 4.00. The number of carbonyl (C=O) groups is 1. The minimum atomic E-state index is -0.427. The number of imidazole rings is 2. The molecule has 0 saturated carbocycles. The van der Waals surface area contributed by atoms with Gasteiger partial charge in [-0.3, -0.25) is 14.7 Å². The molecule has 2 aromatic heterocycles. The Morgan fingerprint density at radius 3 is 2.67 bits per heavy atom. The molecule has 168 valence electrons. The number of rotatable bonds is 6. The second-order valence-electron chi connectivity index (χ2n) is 8.50. The molecular formula is C25H27N7O. The first-order valence-electron chi connectivity index (χ1n) is 11.0. The molecule has 0 spiro atoms. The molecule has 0 radical (unpaired) electrons. The first-order chi connectivity index (χ1) is 16.0. The van der Waals surface area contributed by atoms with E-state index in [9.17, 15) is 4.79 Å². The third-order valence-electron chi connectivity index (χ3n) is 5.92. The summed E-state index contributed by atoms with van der Waals surface area (Å²) in [6.45, 7) is 1.73. The summed E-state index contributed by atoms with van der Waals surface area (Å²) in [6.07, 6.45) is 5.48. The van der Waals surface area contributed by atoms with E-state index in [1.807, 2.05) is 73.4 Å². The van der Waals surface area contributed by atoms with Gasteiger partial charge < -0.3 is 15.2 Å². The molecule has 2 aromatic carbocycles. The van der Waals surface area contributed by atoms with Gasteiger partial charge in [0.2, 0.25) is 5.78 Å². The number of ketones is 1. The summed E-state index contributed by atoms with van der Waals surface area (Å²) < 4.78 is 3.94. The molecule has 3 N–H and O–H groups in total. The van der Waals surface area contributed by atoms with Gasteiger partial charge in [0.05, 0.1) is 18.3 Å². The van der Waals surface area contributed by atoms with Crippen LogP contribution in [0.5, 0.6) is 0 Å². The van der Waals surface area contributed by atoms with Crippen molar-refractivity contribution < 1.29 is 4.79 Å². The van der Waals surface area contributed by atoms with E-state index in [1.54, 1.807) is 12.5 Å². The van der Waals surface area contributed by atoms with E-state index in [2.05, 4.69) is 24.8 Å². The van der Waals surface area contributed by atoms with Crippen LogP contribution >= 0.6 is 0 Å². The second-order valence-corrected chi connectivity index (χ2v) is 8.50. The molecule has 0 amide bonds. The number of hydrogen-bond acceptors (Lipinski definition) is 6. The predicted octanol–water partition coefficient (Wildman–Crippen LogP) is 2.61. The maximum atomic E-state index is 13.5. The van der Waals surface area contributed by atoms with Crippen molar-refractivity contribution in [1.82, 2.24) is 29.3 Å². The van der Waals surface area contributed by atoms with Crippen molar-refractivity contribution in [2.75, 3.05) is 14.1 Å². The minimum absolute atomic E-state index is 0.00980. The predicted molar refractivity (Wildman–Crippen MR) is 126 cm³/mol. The molecule has 1 atom stereocenters. The molecule has 0 aliphatic carbocycles. The zero-order valence-corrected chi connectivity index (χ0v) is 18.8. The van der Waals surface area contributed by atoms with Crippen LogP contribution in [0.2, 0.25) is 0 Å². The fourth-order valence-corrected chi connectivity index (χ4v) is 4.30. The van der Waals surface area contributed by atoms with Gasteiger partial charge in [-0.2, -0.15) is 0 Å². The van der Waals surface area contributed by atoms with Crippen molar-refractivity contribution in [3.8, 4) is 11.4 Å². The summed E-state index contributed by atoms with van der Waals surface area (Å²) >= 11 is 0. The summed E-state index contributed by atoms with van der Waals surface area (Å²) in [5.41, 5.74) is 11.0. The van der Waals surface area contributed by atoms with Crippen LogP contribution in [-0.4, -0.2) is 43.9 Å². The van der Waals surface area contributed by atoms with Crippen molar-refractivity contribution in [2.24, 2.45) is 5.73 Å². The summed E-state index contributed by atoms with van der Waals surface area (Å²) in [5.74, 6) is 0.975. The van der Waals surface area contributed by atoms with E-state index in [1.165, 1.54) is 0 Å². The van der Waals surface area contributed by atoms with E-state index in [-0.39, 0.29) is 5.78 Å². The number of fused-ring (bicyclic) bond motifs is 1. The number of aromatic nitrogens is 4. The van der Waals surface area contributed by atoms with Gasteiger partial charge in [0.15, 0.2) is 0 Å².